The van der Waals surface area contributed by atoms with Crippen LogP contribution in [-0.2, 0) is 0 Å². The number of nitrogens with zero attached hydrogens (tertiary/aromatic N) is 1. The van der Waals surface area contributed by atoms with Crippen LogP contribution in [0.3, 0.4) is 0 Å². The molecule has 19 heavy (non-hydrogen) atoms. The van der Waals surface area contributed by atoms with E-state index in [0.29, 0.717) is 11.5 Å². The van der Waals surface area contributed by atoms with E-state index in [2.05, 4.69) is 37.9 Å². The monoisotopic (exact) mass is 268 g/mol. The quantitative estimate of drug-likeness (QED) is 0.601. The minimum absolute atomic E-state index is 0.562. The van der Waals surface area contributed by atoms with E-state index in [1.165, 1.54) is 64.6 Å². The van der Waals surface area contributed by atoms with Gasteiger partial charge in [-0.15, -0.1) is 0 Å². The maximum Gasteiger partial charge on any atom is 0.00528 e. The molecule has 114 valence electrons. The molecule has 1 aliphatic carbocycles. The van der Waals surface area contributed by atoms with Crippen LogP contribution in [0.15, 0.2) is 0 Å². The Hall–Kier alpha value is -0.0800. The molecular weight excluding hydrogens is 232 g/mol. The van der Waals surface area contributed by atoms with Gasteiger partial charge in [0.05, 0.1) is 0 Å². The molecule has 0 amide bonds. The minimum Gasteiger partial charge on any atom is -0.316 e. The van der Waals surface area contributed by atoms with Crippen LogP contribution in [0.5, 0.6) is 0 Å². The van der Waals surface area contributed by atoms with Crippen LogP contribution in [0.1, 0.15) is 72.6 Å². The van der Waals surface area contributed by atoms with E-state index < -0.39 is 0 Å². The van der Waals surface area contributed by atoms with E-state index in [1.54, 1.807) is 0 Å². The van der Waals surface area contributed by atoms with Gasteiger partial charge in [0.25, 0.3) is 0 Å². The van der Waals surface area contributed by atoms with E-state index in [-0.39, 0.29) is 0 Å². The summed E-state index contributed by atoms with van der Waals surface area (Å²) in [4.78, 5) is 2.73. The molecule has 0 atom stereocenters. The maximum absolute atomic E-state index is 3.62. The SMILES string of the molecule is CCCCCN(CC1(CNCC)CCCC1)C(C)C. The van der Waals surface area contributed by atoms with Crippen LogP contribution in [0.4, 0.5) is 0 Å². The second kappa shape index (κ2) is 8.97. The molecular formula is C17H36N2. The summed E-state index contributed by atoms with van der Waals surface area (Å²) in [6.07, 6.45) is 9.80. The Bertz CT molecular complexity index is 219. The molecule has 0 heterocycles. The van der Waals surface area contributed by atoms with Gasteiger partial charge < -0.3 is 10.2 Å². The molecule has 1 aliphatic rings. The highest BCUT2D eigenvalue weighted by Crippen LogP contribution is 2.38. The molecule has 1 fully saturated rings. The average molecular weight is 268 g/mol. The summed E-state index contributed by atoms with van der Waals surface area (Å²) in [5, 5.41) is 3.62. The van der Waals surface area contributed by atoms with Crippen molar-refractivity contribution in [2.45, 2.75) is 78.7 Å². The van der Waals surface area contributed by atoms with Gasteiger partial charge in [0.1, 0.15) is 0 Å². The second-order valence-electron chi connectivity index (χ2n) is 6.76. The second-order valence-corrected chi connectivity index (χ2v) is 6.76. The van der Waals surface area contributed by atoms with Crippen molar-refractivity contribution in [3.05, 3.63) is 0 Å². The Morgan fingerprint density at radius 1 is 1.11 bits per heavy atom. The van der Waals surface area contributed by atoms with Crippen molar-refractivity contribution in [1.82, 2.24) is 10.2 Å². The van der Waals surface area contributed by atoms with E-state index in [0.717, 1.165) is 6.54 Å². The minimum atomic E-state index is 0.562. The average Bonchev–Trinajstić information content (AvgIpc) is 2.84. The number of hydrogen-bond acceptors (Lipinski definition) is 2. The fourth-order valence-corrected chi connectivity index (χ4v) is 3.42. The number of unbranched alkanes of at least 4 members (excludes halogenated alkanes) is 2. The lowest BCUT2D eigenvalue weighted by Crippen LogP contribution is -2.45. The van der Waals surface area contributed by atoms with Crippen LogP contribution in [0, 0.1) is 5.41 Å². The Morgan fingerprint density at radius 2 is 1.79 bits per heavy atom. The lowest BCUT2D eigenvalue weighted by Gasteiger charge is -2.38. The molecule has 0 aromatic heterocycles. The molecule has 0 unspecified atom stereocenters. The van der Waals surface area contributed by atoms with Crippen molar-refractivity contribution >= 4 is 0 Å². The van der Waals surface area contributed by atoms with Gasteiger partial charge in [-0.2, -0.15) is 0 Å². The van der Waals surface area contributed by atoms with E-state index in [4.69, 9.17) is 0 Å². The summed E-state index contributed by atoms with van der Waals surface area (Å²) in [5.41, 5.74) is 0.562. The summed E-state index contributed by atoms with van der Waals surface area (Å²) >= 11 is 0. The predicted molar refractivity (Wildman–Crippen MR) is 85.7 cm³/mol. The Labute approximate surface area is 121 Å². The summed E-state index contributed by atoms with van der Waals surface area (Å²) < 4.78 is 0. The molecule has 0 bridgehead atoms. The van der Waals surface area contributed by atoms with Gasteiger partial charge in [0, 0.05) is 19.1 Å². The summed E-state index contributed by atoms with van der Waals surface area (Å²) in [6, 6.07) is 0.691. The summed E-state index contributed by atoms with van der Waals surface area (Å²) in [5.74, 6) is 0. The van der Waals surface area contributed by atoms with Crippen molar-refractivity contribution in [3.8, 4) is 0 Å². The highest BCUT2D eigenvalue weighted by molar-refractivity contribution is 4.90. The molecule has 2 heteroatoms. The van der Waals surface area contributed by atoms with Gasteiger partial charge in [-0.1, -0.05) is 39.5 Å². The normalized spacial score (nSPS) is 18.6. The van der Waals surface area contributed by atoms with Crippen LogP contribution in [-0.4, -0.2) is 37.1 Å². The molecule has 1 rings (SSSR count). The van der Waals surface area contributed by atoms with Crippen molar-refractivity contribution in [1.29, 1.82) is 0 Å². The standard InChI is InChI=1S/C17H36N2/c1-5-7-10-13-19(16(3)4)15-17(14-18-6-2)11-8-9-12-17/h16,18H,5-15H2,1-4H3. The van der Waals surface area contributed by atoms with E-state index in [1.807, 2.05) is 0 Å². The van der Waals surface area contributed by atoms with Crippen molar-refractivity contribution in [3.63, 3.8) is 0 Å². The van der Waals surface area contributed by atoms with Gasteiger partial charge >= 0.3 is 0 Å². The fourth-order valence-electron chi connectivity index (χ4n) is 3.42. The van der Waals surface area contributed by atoms with Crippen LogP contribution in [0.25, 0.3) is 0 Å². The molecule has 0 aromatic carbocycles. The maximum atomic E-state index is 3.62. The van der Waals surface area contributed by atoms with Gasteiger partial charge in [-0.3, -0.25) is 0 Å². The van der Waals surface area contributed by atoms with Gasteiger partial charge in [0.15, 0.2) is 0 Å². The number of hydrogen-bond donors (Lipinski definition) is 1. The Balaban J connectivity index is 2.52. The zero-order valence-corrected chi connectivity index (χ0v) is 13.8. The molecule has 0 spiro atoms. The largest absolute Gasteiger partial charge is 0.316 e. The predicted octanol–water partition coefficient (Wildman–Crippen LogP) is 4.06. The molecule has 2 nitrogen and oxygen atoms in total. The lowest BCUT2D eigenvalue weighted by atomic mass is 9.85. The van der Waals surface area contributed by atoms with Crippen LogP contribution in [0.2, 0.25) is 0 Å². The van der Waals surface area contributed by atoms with Crippen LogP contribution >= 0.6 is 0 Å². The Kier molecular flexibility index (Phi) is 8.01. The topological polar surface area (TPSA) is 15.3 Å². The molecule has 0 saturated heterocycles. The Morgan fingerprint density at radius 3 is 2.32 bits per heavy atom. The third-order valence-electron chi connectivity index (χ3n) is 4.73. The van der Waals surface area contributed by atoms with Crippen molar-refractivity contribution < 1.29 is 0 Å². The van der Waals surface area contributed by atoms with Crippen molar-refractivity contribution in [2.75, 3.05) is 26.2 Å². The van der Waals surface area contributed by atoms with Gasteiger partial charge in [0.2, 0.25) is 0 Å². The molecule has 0 radical (unpaired) electrons. The van der Waals surface area contributed by atoms with E-state index >= 15 is 0 Å². The summed E-state index contributed by atoms with van der Waals surface area (Å²) in [7, 11) is 0. The third kappa shape index (κ3) is 5.83. The molecule has 1 saturated carbocycles. The highest BCUT2D eigenvalue weighted by Gasteiger charge is 2.35. The molecule has 0 aromatic rings. The van der Waals surface area contributed by atoms with Crippen LogP contribution < -0.4 is 5.32 Å². The highest BCUT2D eigenvalue weighted by atomic mass is 15.2. The van der Waals surface area contributed by atoms with Gasteiger partial charge in [-0.05, 0) is 51.6 Å². The zero-order valence-electron chi connectivity index (χ0n) is 13.8. The molecule has 0 aliphatic heterocycles. The van der Waals surface area contributed by atoms with E-state index in [9.17, 15) is 0 Å². The summed E-state index contributed by atoms with van der Waals surface area (Å²) in [6.45, 7) is 14.2. The number of rotatable bonds is 10. The van der Waals surface area contributed by atoms with Gasteiger partial charge in [-0.25, -0.2) is 0 Å². The number of nitrogens with one attached hydrogen (secondary N) is 1. The first-order valence-electron chi connectivity index (χ1n) is 8.58. The smallest absolute Gasteiger partial charge is 0.00528 e. The zero-order chi connectivity index (χ0) is 14.1. The fraction of sp³-hybridized carbons (Fsp3) is 1.00. The first kappa shape index (κ1) is 17.0. The first-order valence-corrected chi connectivity index (χ1v) is 8.58. The van der Waals surface area contributed by atoms with Crippen molar-refractivity contribution in [2.24, 2.45) is 5.41 Å². The molecule has 1 N–H and O–H groups in total. The third-order valence-corrected chi connectivity index (χ3v) is 4.73. The first-order chi connectivity index (χ1) is 9.13. The lowest BCUT2D eigenvalue weighted by molar-refractivity contribution is 0.120.